The Hall–Kier alpha value is -3.49. The highest BCUT2D eigenvalue weighted by Gasteiger charge is 2.31. The molecular formula is C27H29N3O4S. The van der Waals surface area contributed by atoms with Crippen LogP contribution in [-0.4, -0.2) is 37.7 Å². The monoisotopic (exact) mass is 491 g/mol. The number of sulfonamides is 1. The summed E-state index contributed by atoms with van der Waals surface area (Å²) in [7, 11) is -4.01. The zero-order chi connectivity index (χ0) is 25.0. The lowest BCUT2D eigenvalue weighted by molar-refractivity contribution is -0.126. The van der Waals surface area contributed by atoms with E-state index in [1.54, 1.807) is 18.2 Å². The first-order chi connectivity index (χ1) is 16.8. The lowest BCUT2D eigenvalue weighted by atomic mass is 9.98. The molecule has 1 heterocycles. The van der Waals surface area contributed by atoms with Gasteiger partial charge in [0, 0.05) is 28.9 Å². The van der Waals surface area contributed by atoms with Crippen LogP contribution in [0.15, 0.2) is 77.8 Å². The third kappa shape index (κ3) is 5.28. The number of benzene rings is 3. The van der Waals surface area contributed by atoms with Gasteiger partial charge in [-0.15, -0.1) is 0 Å². The van der Waals surface area contributed by atoms with Crippen molar-refractivity contribution >= 4 is 43.9 Å². The second-order valence-corrected chi connectivity index (χ2v) is 10.5. The minimum absolute atomic E-state index is 0.113. The Kier molecular flexibility index (Phi) is 7.33. The van der Waals surface area contributed by atoms with Crippen molar-refractivity contribution in [3.63, 3.8) is 0 Å². The van der Waals surface area contributed by atoms with E-state index >= 15 is 0 Å². The van der Waals surface area contributed by atoms with E-state index < -0.39 is 28.0 Å². The van der Waals surface area contributed by atoms with Crippen LogP contribution in [0.3, 0.4) is 0 Å². The Morgan fingerprint density at radius 2 is 1.69 bits per heavy atom. The van der Waals surface area contributed by atoms with Gasteiger partial charge in [0.2, 0.25) is 15.9 Å². The number of hydrogen-bond acceptors (Lipinski definition) is 4. The lowest BCUT2D eigenvalue weighted by Gasteiger charge is -2.25. The number of carbonyl (C=O) groups is 2. The van der Waals surface area contributed by atoms with Gasteiger partial charge in [0.15, 0.2) is 0 Å². The Labute approximate surface area is 205 Å². The summed E-state index contributed by atoms with van der Waals surface area (Å²) in [5.74, 6) is -0.819. The van der Waals surface area contributed by atoms with Crippen molar-refractivity contribution in [1.82, 2.24) is 15.0 Å². The van der Waals surface area contributed by atoms with Gasteiger partial charge in [0.25, 0.3) is 0 Å². The van der Waals surface area contributed by atoms with Crippen LogP contribution < -0.4 is 10.0 Å². The zero-order valence-electron chi connectivity index (χ0n) is 19.7. The summed E-state index contributed by atoms with van der Waals surface area (Å²) in [6.45, 7) is 3.70. The van der Waals surface area contributed by atoms with Crippen molar-refractivity contribution in [3.05, 3.63) is 78.5 Å². The highest BCUT2D eigenvalue weighted by molar-refractivity contribution is 7.89. The molecular weight excluding hydrogens is 462 g/mol. The molecule has 4 aromatic rings. The summed E-state index contributed by atoms with van der Waals surface area (Å²) < 4.78 is 29.4. The molecule has 0 aliphatic heterocycles. The Morgan fingerprint density at radius 3 is 2.43 bits per heavy atom. The fraction of sp³-hybridized carbons (Fsp3) is 0.259. The maximum absolute atomic E-state index is 13.4. The molecule has 1 aromatic heterocycles. The minimum Gasteiger partial charge on any atom is -0.361 e. The van der Waals surface area contributed by atoms with Gasteiger partial charge in [0.1, 0.15) is 12.3 Å². The molecule has 0 saturated heterocycles. The molecule has 0 unspecified atom stereocenters. The molecule has 0 fully saturated rings. The summed E-state index contributed by atoms with van der Waals surface area (Å²) in [5, 5.41) is 5.09. The fourth-order valence-electron chi connectivity index (χ4n) is 4.27. The number of amides is 1. The quantitative estimate of drug-likeness (QED) is 0.292. The van der Waals surface area contributed by atoms with Crippen LogP contribution in [0.25, 0.3) is 21.7 Å². The summed E-state index contributed by atoms with van der Waals surface area (Å²) in [6.07, 6.45) is 3.38. The van der Waals surface area contributed by atoms with Crippen LogP contribution in [0.1, 0.15) is 25.8 Å². The number of H-pyrrole nitrogens is 1. The number of nitrogens with one attached hydrogen (secondary N) is 3. The molecule has 0 radical (unpaired) electrons. The van der Waals surface area contributed by atoms with Crippen molar-refractivity contribution in [2.24, 2.45) is 5.92 Å². The first-order valence-electron chi connectivity index (χ1n) is 11.6. The van der Waals surface area contributed by atoms with Crippen LogP contribution in [-0.2, 0) is 26.0 Å². The van der Waals surface area contributed by atoms with Gasteiger partial charge in [0.05, 0.1) is 10.9 Å². The molecule has 7 nitrogen and oxygen atoms in total. The average Bonchev–Trinajstić information content (AvgIpc) is 3.28. The minimum atomic E-state index is -4.01. The van der Waals surface area contributed by atoms with Crippen molar-refractivity contribution in [1.29, 1.82) is 0 Å². The molecule has 0 spiro atoms. The van der Waals surface area contributed by atoms with Crippen molar-refractivity contribution < 1.29 is 18.0 Å². The van der Waals surface area contributed by atoms with Gasteiger partial charge < -0.3 is 15.1 Å². The highest BCUT2D eigenvalue weighted by Crippen LogP contribution is 2.24. The van der Waals surface area contributed by atoms with Crippen molar-refractivity contribution in [2.75, 3.05) is 0 Å². The predicted octanol–water partition coefficient (Wildman–Crippen LogP) is 3.94. The van der Waals surface area contributed by atoms with E-state index in [4.69, 9.17) is 0 Å². The summed E-state index contributed by atoms with van der Waals surface area (Å²) >= 11 is 0. The Balaban J connectivity index is 1.56. The van der Waals surface area contributed by atoms with E-state index in [9.17, 15) is 18.0 Å². The topological polar surface area (TPSA) is 108 Å². The fourth-order valence-corrected chi connectivity index (χ4v) is 5.80. The van der Waals surface area contributed by atoms with Crippen LogP contribution in [0.2, 0.25) is 0 Å². The molecule has 1 amide bonds. The SMILES string of the molecule is CC[C@@H](C)[C@H](NS(=O)(=O)c1cccc2ccccc12)C(=O)N[C@H](C=O)Cc1c[nH]c2ccccc12. The Bertz CT molecular complexity index is 1460. The number of carbonyl (C=O) groups excluding carboxylic acids is 2. The summed E-state index contributed by atoms with van der Waals surface area (Å²) in [6, 6.07) is 18.1. The van der Waals surface area contributed by atoms with E-state index in [1.807, 2.05) is 62.5 Å². The number of rotatable bonds is 10. The number of hydrogen-bond donors (Lipinski definition) is 3. The summed E-state index contributed by atoms with van der Waals surface area (Å²) in [4.78, 5) is 28.4. The van der Waals surface area contributed by atoms with E-state index in [2.05, 4.69) is 15.0 Å². The van der Waals surface area contributed by atoms with Crippen molar-refractivity contribution in [3.8, 4) is 0 Å². The third-order valence-electron chi connectivity index (χ3n) is 6.42. The highest BCUT2D eigenvalue weighted by atomic mass is 32.2. The zero-order valence-corrected chi connectivity index (χ0v) is 20.5. The van der Waals surface area contributed by atoms with E-state index in [0.29, 0.717) is 24.5 Å². The standard InChI is InChI=1S/C27H29N3O4S/c1-3-18(2)26(30-35(33,34)25-14-8-10-19-9-4-5-12-23(19)25)27(32)29-21(17-31)15-20-16-28-24-13-7-6-11-22(20)24/h4-14,16-18,21,26,28,30H,3,15H2,1-2H3,(H,29,32)/t18-,21+,26+/m1/s1. The van der Waals surface area contributed by atoms with Gasteiger partial charge >= 0.3 is 0 Å². The number of para-hydroxylation sites is 1. The van der Waals surface area contributed by atoms with Gasteiger partial charge in [-0.2, -0.15) is 4.72 Å². The third-order valence-corrected chi connectivity index (χ3v) is 7.92. The molecule has 35 heavy (non-hydrogen) atoms. The smallest absolute Gasteiger partial charge is 0.241 e. The molecule has 0 bridgehead atoms. The molecule has 8 heteroatoms. The molecule has 4 rings (SSSR count). The second-order valence-electron chi connectivity index (χ2n) is 8.78. The van der Waals surface area contributed by atoms with Crippen LogP contribution in [0.5, 0.6) is 0 Å². The number of aromatic amines is 1. The summed E-state index contributed by atoms with van der Waals surface area (Å²) in [5.41, 5.74) is 1.84. The van der Waals surface area contributed by atoms with E-state index in [-0.39, 0.29) is 10.8 Å². The van der Waals surface area contributed by atoms with Gasteiger partial charge in [-0.05, 0) is 29.0 Å². The molecule has 3 atom stereocenters. The normalized spacial score (nSPS) is 14.5. The van der Waals surface area contributed by atoms with Crippen molar-refractivity contribution in [2.45, 2.75) is 43.7 Å². The molecule has 3 aromatic carbocycles. The predicted molar refractivity (Wildman–Crippen MR) is 138 cm³/mol. The molecule has 0 aliphatic carbocycles. The van der Waals surface area contributed by atoms with Crippen LogP contribution in [0.4, 0.5) is 0 Å². The number of aromatic nitrogens is 1. The van der Waals surface area contributed by atoms with E-state index in [0.717, 1.165) is 21.9 Å². The van der Waals surface area contributed by atoms with Gasteiger partial charge in [-0.1, -0.05) is 74.9 Å². The largest absolute Gasteiger partial charge is 0.361 e. The average molecular weight is 492 g/mol. The van der Waals surface area contributed by atoms with Gasteiger partial charge in [-0.3, -0.25) is 4.79 Å². The number of fused-ring (bicyclic) bond motifs is 2. The first-order valence-corrected chi connectivity index (χ1v) is 13.1. The van der Waals surface area contributed by atoms with Gasteiger partial charge in [-0.25, -0.2) is 8.42 Å². The molecule has 0 saturated carbocycles. The number of aldehydes is 1. The maximum atomic E-state index is 13.4. The van der Waals surface area contributed by atoms with Crippen LogP contribution in [0, 0.1) is 5.92 Å². The van der Waals surface area contributed by atoms with Crippen LogP contribution >= 0.6 is 0 Å². The first kappa shape index (κ1) is 24.6. The molecule has 3 N–H and O–H groups in total. The maximum Gasteiger partial charge on any atom is 0.241 e. The Morgan fingerprint density at radius 1 is 1.00 bits per heavy atom. The molecule has 0 aliphatic rings. The lowest BCUT2D eigenvalue weighted by Crippen LogP contribution is -2.53. The molecule has 182 valence electrons. The van der Waals surface area contributed by atoms with E-state index in [1.165, 1.54) is 6.07 Å². The second kappa shape index (κ2) is 10.4.